The Morgan fingerprint density at radius 2 is 2.25 bits per heavy atom. The molecule has 0 unspecified atom stereocenters. The molecule has 0 heterocycles. The van der Waals surface area contributed by atoms with Crippen LogP contribution in [0.15, 0.2) is 36.7 Å². The first-order valence-corrected chi connectivity index (χ1v) is 2.37. The van der Waals surface area contributed by atoms with Gasteiger partial charge in [0.1, 0.15) is 0 Å². The SMILES string of the molecule is C=C/C=C\C(C)=C/F. The topological polar surface area (TPSA) is 0 Å². The fraction of sp³-hybridized carbons (Fsp3) is 0.143. The van der Waals surface area contributed by atoms with Crippen LogP contribution in [-0.4, -0.2) is 0 Å². The van der Waals surface area contributed by atoms with Gasteiger partial charge in [0.2, 0.25) is 0 Å². The van der Waals surface area contributed by atoms with E-state index in [1.165, 1.54) is 0 Å². The second-order valence-corrected chi connectivity index (χ2v) is 1.45. The van der Waals surface area contributed by atoms with Crippen molar-refractivity contribution in [1.82, 2.24) is 0 Å². The van der Waals surface area contributed by atoms with Crippen LogP contribution in [0.25, 0.3) is 0 Å². The zero-order valence-electron chi connectivity index (χ0n) is 4.89. The van der Waals surface area contributed by atoms with Crippen molar-refractivity contribution in [2.45, 2.75) is 6.92 Å². The van der Waals surface area contributed by atoms with Crippen LogP contribution in [0, 0.1) is 0 Å². The molecule has 0 rings (SSSR count). The summed E-state index contributed by atoms with van der Waals surface area (Å²) in [4.78, 5) is 0. The lowest BCUT2D eigenvalue weighted by atomic mass is 10.3. The summed E-state index contributed by atoms with van der Waals surface area (Å²) in [5.41, 5.74) is 0.602. The highest BCUT2D eigenvalue weighted by molar-refractivity contribution is 5.16. The normalized spacial score (nSPS) is 12.5. The summed E-state index contributed by atoms with van der Waals surface area (Å²) in [5.74, 6) is 0. The molecule has 0 nitrogen and oxygen atoms in total. The fourth-order valence-electron chi connectivity index (χ4n) is 0.256. The molecule has 8 heavy (non-hydrogen) atoms. The van der Waals surface area contributed by atoms with Crippen LogP contribution < -0.4 is 0 Å². The van der Waals surface area contributed by atoms with E-state index in [1.54, 1.807) is 25.2 Å². The Kier molecular flexibility index (Phi) is 3.85. The predicted molar refractivity (Wildman–Crippen MR) is 34.2 cm³/mol. The minimum Gasteiger partial charge on any atom is -0.215 e. The molecular formula is C7H9F. The number of hydrogen-bond acceptors (Lipinski definition) is 0. The molecule has 0 fully saturated rings. The summed E-state index contributed by atoms with van der Waals surface area (Å²) in [6, 6.07) is 0. The third-order valence-corrected chi connectivity index (χ3v) is 0.667. The second-order valence-electron chi connectivity index (χ2n) is 1.45. The second kappa shape index (κ2) is 4.31. The minimum atomic E-state index is 0.556. The van der Waals surface area contributed by atoms with Crippen LogP contribution in [0.4, 0.5) is 4.39 Å². The molecule has 0 aliphatic carbocycles. The Bertz CT molecular complexity index is 120. The standard InChI is InChI=1S/C7H9F/c1-3-4-5-7(2)6-8/h3-6H,1H2,2H3/b5-4-,7-6-. The van der Waals surface area contributed by atoms with Crippen molar-refractivity contribution >= 4 is 0 Å². The van der Waals surface area contributed by atoms with Crippen LogP contribution in [0.5, 0.6) is 0 Å². The van der Waals surface area contributed by atoms with E-state index in [9.17, 15) is 4.39 Å². The van der Waals surface area contributed by atoms with E-state index >= 15 is 0 Å². The van der Waals surface area contributed by atoms with E-state index in [-0.39, 0.29) is 0 Å². The minimum absolute atomic E-state index is 0.556. The molecule has 0 saturated carbocycles. The Balaban J connectivity index is 3.69. The highest BCUT2D eigenvalue weighted by Gasteiger charge is 1.73. The van der Waals surface area contributed by atoms with Crippen LogP contribution in [-0.2, 0) is 0 Å². The van der Waals surface area contributed by atoms with Gasteiger partial charge >= 0.3 is 0 Å². The summed E-state index contributed by atoms with van der Waals surface area (Å²) in [7, 11) is 0. The summed E-state index contributed by atoms with van der Waals surface area (Å²) in [5, 5.41) is 0. The average Bonchev–Trinajstić information content (AvgIpc) is 1.83. The van der Waals surface area contributed by atoms with E-state index < -0.39 is 0 Å². The zero-order valence-corrected chi connectivity index (χ0v) is 4.89. The van der Waals surface area contributed by atoms with Crippen LogP contribution in [0.1, 0.15) is 6.92 Å². The van der Waals surface area contributed by atoms with Crippen molar-refractivity contribution in [3.8, 4) is 0 Å². The third kappa shape index (κ3) is 3.34. The maximum atomic E-state index is 11.5. The quantitative estimate of drug-likeness (QED) is 0.481. The molecule has 0 aromatic rings. The third-order valence-electron chi connectivity index (χ3n) is 0.667. The molecule has 0 aliphatic heterocycles. The van der Waals surface area contributed by atoms with Gasteiger partial charge in [-0.15, -0.1) is 0 Å². The van der Waals surface area contributed by atoms with Crippen molar-refractivity contribution in [3.05, 3.63) is 36.7 Å². The molecule has 0 bridgehead atoms. The Morgan fingerprint density at radius 3 is 2.62 bits per heavy atom. The van der Waals surface area contributed by atoms with Gasteiger partial charge in [-0.1, -0.05) is 24.8 Å². The van der Waals surface area contributed by atoms with Gasteiger partial charge in [0, 0.05) is 0 Å². The van der Waals surface area contributed by atoms with Gasteiger partial charge < -0.3 is 0 Å². The molecule has 0 atom stereocenters. The van der Waals surface area contributed by atoms with Gasteiger partial charge in [-0.2, -0.15) is 0 Å². The van der Waals surface area contributed by atoms with Crippen molar-refractivity contribution in [1.29, 1.82) is 0 Å². The van der Waals surface area contributed by atoms with Crippen molar-refractivity contribution in [2.24, 2.45) is 0 Å². The Labute approximate surface area is 49.0 Å². The molecule has 0 radical (unpaired) electrons. The van der Waals surface area contributed by atoms with E-state index in [2.05, 4.69) is 6.58 Å². The summed E-state index contributed by atoms with van der Waals surface area (Å²) < 4.78 is 11.5. The maximum absolute atomic E-state index is 11.5. The first kappa shape index (κ1) is 7.15. The average molecular weight is 112 g/mol. The molecular weight excluding hydrogens is 103 g/mol. The first-order valence-electron chi connectivity index (χ1n) is 2.37. The molecule has 1 heteroatoms. The predicted octanol–water partition coefficient (Wildman–Crippen LogP) is 2.60. The van der Waals surface area contributed by atoms with Crippen LogP contribution >= 0.6 is 0 Å². The highest BCUT2D eigenvalue weighted by atomic mass is 19.1. The van der Waals surface area contributed by atoms with Crippen LogP contribution in [0.3, 0.4) is 0 Å². The van der Waals surface area contributed by atoms with Crippen molar-refractivity contribution in [3.63, 3.8) is 0 Å². The Morgan fingerprint density at radius 1 is 1.62 bits per heavy atom. The van der Waals surface area contributed by atoms with Gasteiger partial charge in [0.05, 0.1) is 6.33 Å². The highest BCUT2D eigenvalue weighted by Crippen LogP contribution is 1.93. The lowest BCUT2D eigenvalue weighted by molar-refractivity contribution is 0.713. The molecule has 0 saturated heterocycles. The molecule has 0 spiro atoms. The summed E-state index contributed by atoms with van der Waals surface area (Å²) in [6.07, 6.45) is 5.49. The van der Waals surface area contributed by atoms with E-state index in [4.69, 9.17) is 0 Å². The van der Waals surface area contributed by atoms with E-state index in [0.29, 0.717) is 11.9 Å². The van der Waals surface area contributed by atoms with Gasteiger partial charge in [-0.05, 0) is 12.5 Å². The largest absolute Gasteiger partial charge is 0.215 e. The molecule has 0 N–H and O–H groups in total. The number of allylic oxidation sites excluding steroid dienone is 4. The fourth-order valence-corrected chi connectivity index (χ4v) is 0.256. The number of rotatable bonds is 2. The summed E-state index contributed by atoms with van der Waals surface area (Å²) in [6.45, 7) is 5.11. The van der Waals surface area contributed by atoms with Crippen molar-refractivity contribution in [2.75, 3.05) is 0 Å². The van der Waals surface area contributed by atoms with Crippen molar-refractivity contribution < 1.29 is 4.39 Å². The first-order chi connectivity index (χ1) is 3.81. The molecule has 0 aliphatic rings. The van der Waals surface area contributed by atoms with E-state index in [0.717, 1.165) is 0 Å². The Hall–Kier alpha value is -0.850. The number of hydrogen-bond donors (Lipinski definition) is 0. The van der Waals surface area contributed by atoms with Crippen LogP contribution in [0.2, 0.25) is 0 Å². The maximum Gasteiger partial charge on any atom is 0.0896 e. The van der Waals surface area contributed by atoms with Gasteiger partial charge in [-0.3, -0.25) is 0 Å². The molecule has 0 aromatic heterocycles. The lowest BCUT2D eigenvalue weighted by Gasteiger charge is -1.79. The summed E-state index contributed by atoms with van der Waals surface area (Å²) >= 11 is 0. The monoisotopic (exact) mass is 112 g/mol. The lowest BCUT2D eigenvalue weighted by Crippen LogP contribution is -1.60. The van der Waals surface area contributed by atoms with E-state index in [1.807, 2.05) is 0 Å². The zero-order chi connectivity index (χ0) is 6.41. The van der Waals surface area contributed by atoms with Gasteiger partial charge in [0.15, 0.2) is 0 Å². The smallest absolute Gasteiger partial charge is 0.0896 e. The molecule has 0 amide bonds. The molecule has 44 valence electrons. The number of halogens is 1. The molecule has 0 aromatic carbocycles. The van der Waals surface area contributed by atoms with Gasteiger partial charge in [-0.25, -0.2) is 4.39 Å². The van der Waals surface area contributed by atoms with Gasteiger partial charge in [0.25, 0.3) is 0 Å².